The van der Waals surface area contributed by atoms with Crippen LogP contribution in [0.5, 0.6) is 0 Å². The zero-order valence-corrected chi connectivity index (χ0v) is 12.1. The lowest BCUT2D eigenvalue weighted by Crippen LogP contribution is -2.33. The first-order chi connectivity index (χ1) is 9.86. The quantitative estimate of drug-likeness (QED) is 0.834. The average molecular weight is 266 g/mol. The first kappa shape index (κ1) is 13.2. The number of hydrogen-bond acceptors (Lipinski definition) is 2. The number of rotatable bonds is 3. The summed E-state index contributed by atoms with van der Waals surface area (Å²) in [4.78, 5) is 6.85. The lowest BCUT2D eigenvalue weighted by atomic mass is 9.89. The van der Waals surface area contributed by atoms with Gasteiger partial charge in [-0.15, -0.1) is 0 Å². The van der Waals surface area contributed by atoms with Gasteiger partial charge >= 0.3 is 0 Å². The number of aryl methyl sites for hydroxylation is 1. The van der Waals surface area contributed by atoms with Gasteiger partial charge in [-0.2, -0.15) is 0 Å². The standard InChI is InChI=1S/C18H22N2/c1-2-15-6-8-16(9-7-15)17-10-13-20(14-11-17)18-5-3-4-12-19-18/h3-9,12,17H,2,10-11,13-14H2,1H3. The van der Waals surface area contributed by atoms with E-state index in [0.717, 1.165) is 25.3 Å². The van der Waals surface area contributed by atoms with Crippen molar-refractivity contribution in [1.82, 2.24) is 4.98 Å². The Morgan fingerprint density at radius 2 is 1.80 bits per heavy atom. The lowest BCUT2D eigenvalue weighted by Gasteiger charge is -2.33. The molecule has 2 heteroatoms. The van der Waals surface area contributed by atoms with E-state index in [9.17, 15) is 0 Å². The molecular formula is C18H22N2. The van der Waals surface area contributed by atoms with Crippen LogP contribution in [0.1, 0.15) is 36.8 Å². The highest BCUT2D eigenvalue weighted by molar-refractivity contribution is 5.39. The lowest BCUT2D eigenvalue weighted by molar-refractivity contribution is 0.502. The summed E-state index contributed by atoms with van der Waals surface area (Å²) in [5.41, 5.74) is 2.93. The van der Waals surface area contributed by atoms with E-state index >= 15 is 0 Å². The molecule has 1 aromatic heterocycles. The summed E-state index contributed by atoms with van der Waals surface area (Å²) in [6.45, 7) is 4.43. The second-order valence-electron chi connectivity index (χ2n) is 5.54. The van der Waals surface area contributed by atoms with Crippen LogP contribution in [0.4, 0.5) is 5.82 Å². The Kier molecular flexibility index (Phi) is 4.00. The molecule has 0 aliphatic carbocycles. The van der Waals surface area contributed by atoms with E-state index in [0.29, 0.717) is 5.92 Å². The molecule has 2 aromatic rings. The Morgan fingerprint density at radius 1 is 1.05 bits per heavy atom. The molecule has 1 aliphatic heterocycles. The average Bonchev–Trinajstić information content (AvgIpc) is 2.56. The van der Waals surface area contributed by atoms with Crippen molar-refractivity contribution in [1.29, 1.82) is 0 Å². The highest BCUT2D eigenvalue weighted by atomic mass is 15.2. The van der Waals surface area contributed by atoms with Crippen LogP contribution in [0.15, 0.2) is 48.7 Å². The van der Waals surface area contributed by atoms with Crippen LogP contribution in [0, 0.1) is 0 Å². The first-order valence-corrected chi connectivity index (χ1v) is 7.61. The molecule has 1 aliphatic rings. The van der Waals surface area contributed by atoms with Gasteiger partial charge in [0.05, 0.1) is 0 Å². The molecule has 1 fully saturated rings. The van der Waals surface area contributed by atoms with Gasteiger partial charge in [0.1, 0.15) is 5.82 Å². The summed E-state index contributed by atoms with van der Waals surface area (Å²) in [5.74, 6) is 1.83. The maximum Gasteiger partial charge on any atom is 0.128 e. The van der Waals surface area contributed by atoms with Gasteiger partial charge in [-0.3, -0.25) is 0 Å². The predicted octanol–water partition coefficient (Wildman–Crippen LogP) is 4.03. The van der Waals surface area contributed by atoms with Crippen molar-refractivity contribution in [2.45, 2.75) is 32.1 Å². The fraction of sp³-hybridized carbons (Fsp3) is 0.389. The molecule has 104 valence electrons. The number of aromatic nitrogens is 1. The van der Waals surface area contributed by atoms with Crippen LogP contribution < -0.4 is 4.90 Å². The number of anilines is 1. The molecule has 2 heterocycles. The molecule has 2 nitrogen and oxygen atoms in total. The van der Waals surface area contributed by atoms with E-state index in [1.165, 1.54) is 24.0 Å². The van der Waals surface area contributed by atoms with E-state index in [-0.39, 0.29) is 0 Å². The predicted molar refractivity (Wildman–Crippen MR) is 84.2 cm³/mol. The van der Waals surface area contributed by atoms with E-state index in [4.69, 9.17) is 0 Å². The summed E-state index contributed by atoms with van der Waals surface area (Å²) in [6, 6.07) is 15.3. The summed E-state index contributed by atoms with van der Waals surface area (Å²) in [5, 5.41) is 0. The van der Waals surface area contributed by atoms with Gasteiger partial charge in [-0.1, -0.05) is 37.3 Å². The summed E-state index contributed by atoms with van der Waals surface area (Å²) in [7, 11) is 0. The third kappa shape index (κ3) is 2.84. The Balaban J connectivity index is 1.63. The van der Waals surface area contributed by atoms with Gasteiger partial charge < -0.3 is 4.90 Å². The fourth-order valence-corrected chi connectivity index (χ4v) is 3.01. The number of pyridine rings is 1. The third-order valence-electron chi connectivity index (χ3n) is 4.33. The van der Waals surface area contributed by atoms with Crippen molar-refractivity contribution in [3.8, 4) is 0 Å². The topological polar surface area (TPSA) is 16.1 Å². The van der Waals surface area contributed by atoms with Crippen molar-refractivity contribution in [2.24, 2.45) is 0 Å². The molecule has 20 heavy (non-hydrogen) atoms. The number of piperidine rings is 1. The second-order valence-corrected chi connectivity index (χ2v) is 5.54. The highest BCUT2D eigenvalue weighted by Gasteiger charge is 2.21. The SMILES string of the molecule is CCc1ccc(C2CCN(c3ccccn3)CC2)cc1. The molecule has 0 unspecified atom stereocenters. The molecule has 3 rings (SSSR count). The zero-order chi connectivity index (χ0) is 13.8. The number of nitrogens with zero attached hydrogens (tertiary/aromatic N) is 2. The smallest absolute Gasteiger partial charge is 0.128 e. The van der Waals surface area contributed by atoms with E-state index < -0.39 is 0 Å². The van der Waals surface area contributed by atoms with E-state index in [1.54, 1.807) is 0 Å². The van der Waals surface area contributed by atoms with Crippen molar-refractivity contribution >= 4 is 5.82 Å². The zero-order valence-electron chi connectivity index (χ0n) is 12.1. The molecule has 0 radical (unpaired) electrons. The Labute approximate surface area is 121 Å². The van der Waals surface area contributed by atoms with Gasteiger partial charge in [0.2, 0.25) is 0 Å². The minimum Gasteiger partial charge on any atom is -0.357 e. The van der Waals surface area contributed by atoms with Crippen LogP contribution >= 0.6 is 0 Å². The molecule has 1 aromatic carbocycles. The van der Waals surface area contributed by atoms with Crippen LogP contribution in [0.25, 0.3) is 0 Å². The third-order valence-corrected chi connectivity index (χ3v) is 4.33. The van der Waals surface area contributed by atoms with Crippen molar-refractivity contribution in [2.75, 3.05) is 18.0 Å². The van der Waals surface area contributed by atoms with Crippen LogP contribution in [-0.2, 0) is 6.42 Å². The molecule has 0 bridgehead atoms. The minimum absolute atomic E-state index is 0.709. The summed E-state index contributed by atoms with van der Waals surface area (Å²) < 4.78 is 0. The monoisotopic (exact) mass is 266 g/mol. The molecule has 0 spiro atoms. The fourth-order valence-electron chi connectivity index (χ4n) is 3.01. The van der Waals surface area contributed by atoms with Crippen LogP contribution in [-0.4, -0.2) is 18.1 Å². The van der Waals surface area contributed by atoms with Crippen LogP contribution in [0.3, 0.4) is 0 Å². The molecule has 0 amide bonds. The Bertz CT molecular complexity index is 525. The molecule has 1 saturated heterocycles. The van der Waals surface area contributed by atoms with Gasteiger partial charge in [0, 0.05) is 19.3 Å². The summed E-state index contributed by atoms with van der Waals surface area (Å²) in [6.07, 6.45) is 5.45. The van der Waals surface area contributed by atoms with Gasteiger partial charge in [0.25, 0.3) is 0 Å². The molecule has 0 atom stereocenters. The highest BCUT2D eigenvalue weighted by Crippen LogP contribution is 2.29. The maximum atomic E-state index is 4.45. The van der Waals surface area contributed by atoms with Crippen molar-refractivity contribution in [3.63, 3.8) is 0 Å². The van der Waals surface area contributed by atoms with Crippen molar-refractivity contribution < 1.29 is 0 Å². The molecular weight excluding hydrogens is 244 g/mol. The Hall–Kier alpha value is -1.83. The Morgan fingerprint density at radius 3 is 2.40 bits per heavy atom. The largest absolute Gasteiger partial charge is 0.357 e. The normalized spacial score (nSPS) is 16.4. The van der Waals surface area contributed by atoms with Crippen LogP contribution in [0.2, 0.25) is 0 Å². The first-order valence-electron chi connectivity index (χ1n) is 7.61. The van der Waals surface area contributed by atoms with E-state index in [2.05, 4.69) is 53.2 Å². The van der Waals surface area contributed by atoms with E-state index in [1.807, 2.05) is 12.3 Å². The maximum absolute atomic E-state index is 4.45. The minimum atomic E-state index is 0.709. The number of benzene rings is 1. The van der Waals surface area contributed by atoms with Gasteiger partial charge in [0.15, 0.2) is 0 Å². The molecule has 0 saturated carbocycles. The number of hydrogen-bond donors (Lipinski definition) is 0. The summed E-state index contributed by atoms with van der Waals surface area (Å²) >= 11 is 0. The van der Waals surface area contributed by atoms with Gasteiger partial charge in [-0.05, 0) is 48.4 Å². The molecule has 0 N–H and O–H groups in total. The van der Waals surface area contributed by atoms with Gasteiger partial charge in [-0.25, -0.2) is 4.98 Å². The van der Waals surface area contributed by atoms with Crippen molar-refractivity contribution in [3.05, 3.63) is 59.8 Å². The second kappa shape index (κ2) is 6.08.